The summed E-state index contributed by atoms with van der Waals surface area (Å²) in [6, 6.07) is 0. The fourth-order valence-corrected chi connectivity index (χ4v) is 12.2. The fourth-order valence-electron chi connectivity index (χ4n) is 12.2. The van der Waals surface area contributed by atoms with Gasteiger partial charge in [0, 0.05) is 11.3 Å². The first kappa shape index (κ1) is 24.2. The Morgan fingerprint density at radius 2 is 1.29 bits per heavy atom. The lowest BCUT2D eigenvalue weighted by molar-refractivity contribution is -0.304. The van der Waals surface area contributed by atoms with E-state index in [-0.39, 0.29) is 44.7 Å². The van der Waals surface area contributed by atoms with Gasteiger partial charge in [-0.25, -0.2) is 0 Å². The Bertz CT molecular complexity index is 883. The summed E-state index contributed by atoms with van der Waals surface area (Å²) >= 11 is 0. The molecule has 3 N–H and O–H groups in total. The molecule has 4 heteroatoms. The van der Waals surface area contributed by atoms with Gasteiger partial charge >= 0.3 is 0 Å². The predicted molar refractivity (Wildman–Crippen MR) is 133 cm³/mol. The van der Waals surface area contributed by atoms with Crippen LogP contribution in [0.1, 0.15) is 106 Å². The summed E-state index contributed by atoms with van der Waals surface area (Å²) in [5.74, 6) is 1.33. The molecule has 0 aromatic rings. The molecular formula is C30H50O4. The Hall–Kier alpha value is -0.160. The largest absolute Gasteiger partial charge is 0.393 e. The van der Waals surface area contributed by atoms with E-state index in [0.29, 0.717) is 18.4 Å². The second-order valence-corrected chi connectivity index (χ2v) is 16.0. The minimum absolute atomic E-state index is 0.0486. The second kappa shape index (κ2) is 6.63. The maximum absolute atomic E-state index is 11.9. The highest BCUT2D eigenvalue weighted by atomic mass is 16.5. The molecule has 6 aliphatic rings. The van der Waals surface area contributed by atoms with Crippen LogP contribution >= 0.6 is 0 Å². The summed E-state index contributed by atoms with van der Waals surface area (Å²) in [5, 5.41) is 34.3. The van der Waals surface area contributed by atoms with Gasteiger partial charge in [0.2, 0.25) is 0 Å². The van der Waals surface area contributed by atoms with Crippen molar-refractivity contribution in [2.24, 2.45) is 50.2 Å². The molecule has 0 unspecified atom stereocenters. The van der Waals surface area contributed by atoms with Crippen molar-refractivity contribution in [3.63, 3.8) is 0 Å². The van der Waals surface area contributed by atoms with Crippen molar-refractivity contribution >= 4 is 0 Å². The van der Waals surface area contributed by atoms with E-state index in [1.165, 1.54) is 6.42 Å². The Morgan fingerprint density at radius 3 is 2.00 bits per heavy atom. The Kier molecular flexibility index (Phi) is 4.72. The van der Waals surface area contributed by atoms with Crippen LogP contribution in [0.3, 0.4) is 0 Å². The van der Waals surface area contributed by atoms with Crippen molar-refractivity contribution in [3.05, 3.63) is 0 Å². The fraction of sp³-hybridized carbons (Fsp3) is 1.00. The summed E-state index contributed by atoms with van der Waals surface area (Å²) in [6.07, 6.45) is 7.88. The molecule has 6 fully saturated rings. The maximum Gasteiger partial charge on any atom is 0.0778 e. The Morgan fingerprint density at radius 1 is 0.647 bits per heavy atom. The molecule has 34 heavy (non-hydrogen) atoms. The second-order valence-electron chi connectivity index (χ2n) is 16.0. The Balaban J connectivity index is 1.46. The normalized spacial score (nSPS) is 61.6. The number of aliphatic hydroxyl groups excluding tert-OH is 3. The van der Waals surface area contributed by atoms with Crippen molar-refractivity contribution in [2.75, 3.05) is 6.61 Å². The molecule has 0 aromatic heterocycles. The van der Waals surface area contributed by atoms with E-state index in [0.717, 1.165) is 51.4 Å². The van der Waals surface area contributed by atoms with Gasteiger partial charge < -0.3 is 20.1 Å². The average molecular weight is 475 g/mol. The van der Waals surface area contributed by atoms with Crippen LogP contribution in [-0.4, -0.2) is 45.8 Å². The summed E-state index contributed by atoms with van der Waals surface area (Å²) in [7, 11) is 0. The molecule has 6 rings (SSSR count). The van der Waals surface area contributed by atoms with Gasteiger partial charge in [0.1, 0.15) is 0 Å². The van der Waals surface area contributed by atoms with E-state index in [9.17, 15) is 15.3 Å². The third kappa shape index (κ3) is 2.42. The molecule has 2 bridgehead atoms. The lowest BCUT2D eigenvalue weighted by Gasteiger charge is -2.75. The monoisotopic (exact) mass is 474 g/mol. The number of hydrogen-bond acceptors (Lipinski definition) is 4. The molecule has 1 spiro atoms. The van der Waals surface area contributed by atoms with E-state index < -0.39 is 17.6 Å². The lowest BCUT2D eigenvalue weighted by atomic mass is 9.30. The van der Waals surface area contributed by atoms with Crippen LogP contribution in [0.5, 0.6) is 0 Å². The average Bonchev–Trinajstić information content (AvgIpc) is 2.99. The van der Waals surface area contributed by atoms with Gasteiger partial charge in [0.25, 0.3) is 0 Å². The molecule has 1 heterocycles. The van der Waals surface area contributed by atoms with Crippen molar-refractivity contribution in [3.8, 4) is 0 Å². The van der Waals surface area contributed by atoms with Gasteiger partial charge in [0.05, 0.1) is 35.9 Å². The zero-order valence-electron chi connectivity index (χ0n) is 22.8. The molecule has 1 aliphatic heterocycles. The standard InChI is InChI=1S/C30H50O4/c1-24(2)14-20-29(22(32)15-24)17-34-30(20)13-9-19-26(5)11-10-21(31)25(3,4)18(26)8-12-27(19,6)28(30,7)16-23(29)33/h18-23,31-33H,8-17H2,1-7H3/t18-,19+,20+,21+,22+,23-,26+,27-,28+,29-,30+/m1/s1. The smallest absolute Gasteiger partial charge is 0.0778 e. The molecule has 5 aliphatic carbocycles. The zero-order chi connectivity index (χ0) is 24.7. The van der Waals surface area contributed by atoms with Crippen LogP contribution < -0.4 is 0 Å². The van der Waals surface area contributed by atoms with Crippen molar-refractivity contribution < 1.29 is 20.1 Å². The Labute approximate surface area is 207 Å². The van der Waals surface area contributed by atoms with Crippen molar-refractivity contribution in [2.45, 2.75) is 130 Å². The molecule has 0 aromatic carbocycles. The number of ether oxygens (including phenoxy) is 1. The quantitative estimate of drug-likeness (QED) is 0.444. The summed E-state index contributed by atoms with van der Waals surface area (Å²) in [6.45, 7) is 17.3. The highest BCUT2D eigenvalue weighted by Gasteiger charge is 2.81. The van der Waals surface area contributed by atoms with E-state index in [4.69, 9.17) is 4.74 Å². The summed E-state index contributed by atoms with van der Waals surface area (Å²) in [5.41, 5.74) is -0.541. The first-order valence-corrected chi connectivity index (χ1v) is 14.3. The highest BCUT2D eigenvalue weighted by molar-refractivity contribution is 5.29. The minimum Gasteiger partial charge on any atom is -0.393 e. The minimum atomic E-state index is -0.505. The van der Waals surface area contributed by atoms with E-state index in [2.05, 4.69) is 48.5 Å². The first-order valence-electron chi connectivity index (χ1n) is 14.3. The lowest BCUT2D eigenvalue weighted by Crippen LogP contribution is -2.75. The van der Waals surface area contributed by atoms with Crippen molar-refractivity contribution in [1.29, 1.82) is 0 Å². The summed E-state index contributed by atoms with van der Waals surface area (Å²) < 4.78 is 7.02. The van der Waals surface area contributed by atoms with Gasteiger partial charge in [-0.05, 0) is 91.3 Å². The van der Waals surface area contributed by atoms with E-state index in [1.54, 1.807) is 0 Å². The molecule has 5 saturated carbocycles. The van der Waals surface area contributed by atoms with E-state index in [1.807, 2.05) is 0 Å². The van der Waals surface area contributed by atoms with Crippen LogP contribution in [0.25, 0.3) is 0 Å². The molecule has 194 valence electrons. The maximum atomic E-state index is 11.9. The summed E-state index contributed by atoms with van der Waals surface area (Å²) in [4.78, 5) is 0. The van der Waals surface area contributed by atoms with Crippen LogP contribution in [0, 0.1) is 50.2 Å². The van der Waals surface area contributed by atoms with Gasteiger partial charge in [-0.2, -0.15) is 0 Å². The molecular weight excluding hydrogens is 424 g/mol. The molecule has 0 radical (unpaired) electrons. The number of rotatable bonds is 0. The molecule has 11 atom stereocenters. The molecule has 4 nitrogen and oxygen atoms in total. The number of hydrogen-bond donors (Lipinski definition) is 3. The predicted octanol–water partition coefficient (Wildman–Crippen LogP) is 5.32. The van der Waals surface area contributed by atoms with Crippen LogP contribution in [0.4, 0.5) is 0 Å². The van der Waals surface area contributed by atoms with Gasteiger partial charge in [-0.3, -0.25) is 0 Å². The molecule has 0 amide bonds. The van der Waals surface area contributed by atoms with Gasteiger partial charge in [0.15, 0.2) is 0 Å². The van der Waals surface area contributed by atoms with Crippen LogP contribution in [0.2, 0.25) is 0 Å². The van der Waals surface area contributed by atoms with Gasteiger partial charge in [-0.15, -0.1) is 0 Å². The van der Waals surface area contributed by atoms with Crippen LogP contribution in [-0.2, 0) is 4.74 Å². The highest BCUT2D eigenvalue weighted by Crippen LogP contribution is 2.80. The SMILES string of the molecule is CC1(C)C[C@H](O)[C@]23CO[C@@]4(CC[C@H]5[C@@]6(C)CC[C@H](O)C(C)(C)[C@H]6CC[C@@]5(C)[C@]4(C)C[C@H]2O)[C@H]3C1. The first-order chi connectivity index (χ1) is 15.6. The third-order valence-electron chi connectivity index (χ3n) is 14.2. The topological polar surface area (TPSA) is 69.9 Å². The van der Waals surface area contributed by atoms with Crippen LogP contribution in [0.15, 0.2) is 0 Å². The number of fused-ring (bicyclic) bond motifs is 4. The number of aliphatic hydroxyl groups is 3. The van der Waals surface area contributed by atoms with Gasteiger partial charge in [-0.1, -0.05) is 48.5 Å². The van der Waals surface area contributed by atoms with Crippen molar-refractivity contribution in [1.82, 2.24) is 0 Å². The zero-order valence-corrected chi connectivity index (χ0v) is 22.8. The van der Waals surface area contributed by atoms with E-state index >= 15 is 0 Å². The molecule has 1 saturated heterocycles. The third-order valence-corrected chi connectivity index (χ3v) is 14.2.